The topological polar surface area (TPSA) is 125 Å². The van der Waals surface area contributed by atoms with Gasteiger partial charge in [0, 0.05) is 12.3 Å². The van der Waals surface area contributed by atoms with E-state index in [9.17, 15) is 13.2 Å². The van der Waals surface area contributed by atoms with Crippen LogP contribution in [0, 0.1) is 16.7 Å². The lowest BCUT2D eigenvalue weighted by Crippen LogP contribution is -2.31. The average Bonchev–Trinajstić information content (AvgIpc) is 3.31. The first-order chi connectivity index (χ1) is 19.9. The lowest BCUT2D eigenvalue weighted by Gasteiger charge is -2.17. The zero-order valence-electron chi connectivity index (χ0n) is 24.3. The van der Waals surface area contributed by atoms with Gasteiger partial charge in [-0.2, -0.15) is 8.42 Å². The van der Waals surface area contributed by atoms with Crippen molar-refractivity contribution in [2.24, 2.45) is 16.7 Å². The molecule has 2 saturated carbocycles. The second-order valence-corrected chi connectivity index (χ2v) is 14.5. The van der Waals surface area contributed by atoms with Gasteiger partial charge in [-0.3, -0.25) is 4.79 Å². The zero-order chi connectivity index (χ0) is 30.0. The molecule has 3 aromatic heterocycles. The van der Waals surface area contributed by atoms with E-state index in [0.29, 0.717) is 41.5 Å². The van der Waals surface area contributed by atoms with Crippen LogP contribution in [0.5, 0.6) is 11.6 Å². The van der Waals surface area contributed by atoms with Crippen molar-refractivity contribution in [2.75, 3.05) is 13.2 Å². The van der Waals surface area contributed by atoms with Crippen LogP contribution in [0.4, 0.5) is 0 Å². The highest BCUT2D eigenvalue weighted by Crippen LogP contribution is 2.48. The summed E-state index contributed by atoms with van der Waals surface area (Å²) in [7, 11) is -4.25. The number of amides is 1. The zero-order valence-corrected chi connectivity index (χ0v) is 25.9. The van der Waals surface area contributed by atoms with Crippen LogP contribution in [-0.4, -0.2) is 47.3 Å². The maximum Gasteiger partial charge on any atom is 0.281 e. The molecule has 42 heavy (non-hydrogen) atoms. The molecule has 226 valence electrons. The minimum atomic E-state index is -4.25. The van der Waals surface area contributed by atoms with Crippen LogP contribution in [0.25, 0.3) is 5.82 Å². The third-order valence-electron chi connectivity index (χ3n) is 8.24. The molecule has 1 amide bonds. The smallest absolute Gasteiger partial charge is 0.281 e. The maximum atomic E-state index is 12.8. The number of ether oxygens (including phenoxy) is 2. The van der Waals surface area contributed by atoms with Gasteiger partial charge in [0.1, 0.15) is 10.9 Å². The molecular formula is C30H38ClN5O5S. The van der Waals surface area contributed by atoms with Gasteiger partial charge in [0.15, 0.2) is 10.8 Å². The van der Waals surface area contributed by atoms with E-state index in [2.05, 4.69) is 35.8 Å². The third kappa shape index (κ3) is 7.80. The minimum Gasteiger partial charge on any atom is -0.492 e. The SMILES string of the molecule is CC1(C)CCC(CCCOc2ccc(S(=O)(=O)NC(=O)c3ccc(-n4ccc(OCCC5(C)CC5)n4)nc3Cl)nc2)C1. The van der Waals surface area contributed by atoms with Crippen molar-refractivity contribution in [3.8, 4) is 17.4 Å². The molecule has 2 aliphatic carbocycles. The van der Waals surface area contributed by atoms with Gasteiger partial charge in [0.2, 0.25) is 5.88 Å². The fourth-order valence-corrected chi connectivity index (χ4v) is 6.46. The number of nitrogens with one attached hydrogen (secondary N) is 1. The van der Waals surface area contributed by atoms with E-state index in [1.807, 2.05) is 4.72 Å². The Balaban J connectivity index is 1.12. The second kappa shape index (κ2) is 12.2. The Labute approximate surface area is 252 Å². The lowest BCUT2D eigenvalue weighted by molar-refractivity contribution is 0.0981. The summed E-state index contributed by atoms with van der Waals surface area (Å²) in [4.78, 5) is 21.0. The number of pyridine rings is 2. The first-order valence-corrected chi connectivity index (χ1v) is 16.3. The Morgan fingerprint density at radius 2 is 1.90 bits per heavy atom. The van der Waals surface area contributed by atoms with E-state index in [4.69, 9.17) is 21.1 Å². The molecular weight excluding hydrogens is 578 g/mol. The van der Waals surface area contributed by atoms with Crippen LogP contribution in [0.3, 0.4) is 0 Å². The van der Waals surface area contributed by atoms with Crippen LogP contribution in [-0.2, 0) is 10.0 Å². The van der Waals surface area contributed by atoms with Gasteiger partial charge in [-0.25, -0.2) is 19.4 Å². The summed E-state index contributed by atoms with van der Waals surface area (Å²) in [5, 5.41) is 3.87. The van der Waals surface area contributed by atoms with Gasteiger partial charge >= 0.3 is 0 Å². The van der Waals surface area contributed by atoms with Gasteiger partial charge in [-0.05, 0) is 92.4 Å². The molecule has 1 N–H and O–H groups in total. The van der Waals surface area contributed by atoms with E-state index < -0.39 is 15.9 Å². The average molecular weight is 616 g/mol. The molecule has 2 aliphatic rings. The van der Waals surface area contributed by atoms with E-state index in [0.717, 1.165) is 25.2 Å². The van der Waals surface area contributed by atoms with Crippen molar-refractivity contribution >= 4 is 27.5 Å². The number of aromatic nitrogens is 4. The maximum absolute atomic E-state index is 12.8. The first kappa shape index (κ1) is 30.3. The summed E-state index contributed by atoms with van der Waals surface area (Å²) < 4.78 is 40.6. The number of rotatable bonds is 13. The fourth-order valence-electron chi connectivity index (χ4n) is 5.33. The number of carbonyl (C=O) groups excluding carboxylic acids is 1. The number of halogens is 1. The minimum absolute atomic E-state index is 0.101. The quantitative estimate of drug-likeness (QED) is 0.184. The first-order valence-electron chi connectivity index (χ1n) is 14.4. The lowest BCUT2D eigenvalue weighted by atomic mass is 9.89. The number of hydrogen-bond donors (Lipinski definition) is 1. The molecule has 0 spiro atoms. The van der Waals surface area contributed by atoms with Gasteiger partial charge in [0.25, 0.3) is 15.9 Å². The van der Waals surface area contributed by atoms with Crippen molar-refractivity contribution in [1.29, 1.82) is 0 Å². The third-order valence-corrected chi connectivity index (χ3v) is 9.78. The monoisotopic (exact) mass is 615 g/mol. The van der Waals surface area contributed by atoms with Crippen LogP contribution in [0.2, 0.25) is 5.15 Å². The second-order valence-electron chi connectivity index (χ2n) is 12.5. The molecule has 3 heterocycles. The van der Waals surface area contributed by atoms with Crippen LogP contribution in [0.1, 0.15) is 82.5 Å². The molecule has 10 nitrogen and oxygen atoms in total. The summed E-state index contributed by atoms with van der Waals surface area (Å²) in [6.07, 6.45) is 12.3. The van der Waals surface area contributed by atoms with Crippen molar-refractivity contribution in [2.45, 2.75) is 77.2 Å². The predicted octanol–water partition coefficient (Wildman–Crippen LogP) is 5.99. The number of sulfonamides is 1. The normalized spacial score (nSPS) is 18.9. The highest BCUT2D eigenvalue weighted by atomic mass is 35.5. The summed E-state index contributed by atoms with van der Waals surface area (Å²) in [5.74, 6) is 1.10. The molecule has 1 unspecified atom stereocenters. The Kier molecular flexibility index (Phi) is 8.80. The van der Waals surface area contributed by atoms with Crippen molar-refractivity contribution < 1.29 is 22.7 Å². The standard InChI is InChI=1S/C30H38ClN5O5S/c1-29(2)12-10-21(19-29)5-4-17-40-22-6-9-26(32-20-22)42(38,39)35-28(37)23-7-8-24(33-27(23)31)36-16-11-25(34-36)41-18-15-30(3)13-14-30/h6-9,11,16,20-21H,4-5,10,12-15,17-19H2,1-3H3,(H,35,37). The predicted molar refractivity (Wildman–Crippen MR) is 159 cm³/mol. The van der Waals surface area contributed by atoms with Crippen LogP contribution in [0.15, 0.2) is 47.8 Å². The number of nitrogens with zero attached hydrogens (tertiary/aromatic N) is 4. The van der Waals surface area contributed by atoms with Crippen molar-refractivity contribution in [3.63, 3.8) is 0 Å². The number of hydrogen-bond acceptors (Lipinski definition) is 8. The molecule has 0 bridgehead atoms. The fraction of sp³-hybridized carbons (Fsp3) is 0.533. The Morgan fingerprint density at radius 1 is 1.10 bits per heavy atom. The Hall–Kier alpha value is -3.18. The van der Waals surface area contributed by atoms with Crippen molar-refractivity contribution in [1.82, 2.24) is 24.5 Å². The molecule has 0 aliphatic heterocycles. The van der Waals surface area contributed by atoms with E-state index >= 15 is 0 Å². The molecule has 0 aromatic carbocycles. The van der Waals surface area contributed by atoms with Gasteiger partial charge in [0.05, 0.1) is 25.0 Å². The van der Waals surface area contributed by atoms with E-state index in [1.165, 1.54) is 67.2 Å². The van der Waals surface area contributed by atoms with E-state index in [-0.39, 0.29) is 15.7 Å². The summed E-state index contributed by atoms with van der Waals surface area (Å²) in [5.41, 5.74) is 0.725. The summed E-state index contributed by atoms with van der Waals surface area (Å²) in [6, 6.07) is 7.46. The molecule has 12 heteroatoms. The molecule has 0 saturated heterocycles. The number of carbonyl (C=O) groups is 1. The van der Waals surface area contributed by atoms with Gasteiger partial charge in [-0.1, -0.05) is 32.4 Å². The molecule has 3 aromatic rings. The summed E-state index contributed by atoms with van der Waals surface area (Å²) in [6.45, 7) is 8.00. The van der Waals surface area contributed by atoms with Crippen molar-refractivity contribution in [3.05, 3.63) is 53.4 Å². The van der Waals surface area contributed by atoms with Gasteiger partial charge in [-0.15, -0.1) is 5.10 Å². The summed E-state index contributed by atoms with van der Waals surface area (Å²) >= 11 is 6.26. The van der Waals surface area contributed by atoms with Gasteiger partial charge < -0.3 is 9.47 Å². The molecule has 0 radical (unpaired) electrons. The van der Waals surface area contributed by atoms with Crippen LogP contribution >= 0.6 is 11.6 Å². The Bertz CT molecular complexity index is 1520. The van der Waals surface area contributed by atoms with Crippen LogP contribution < -0.4 is 14.2 Å². The molecule has 5 rings (SSSR count). The molecule has 1 atom stereocenters. The largest absolute Gasteiger partial charge is 0.492 e. The Morgan fingerprint density at radius 3 is 2.57 bits per heavy atom. The highest BCUT2D eigenvalue weighted by Gasteiger charge is 2.36. The highest BCUT2D eigenvalue weighted by molar-refractivity contribution is 7.90. The molecule has 2 fully saturated rings. The van der Waals surface area contributed by atoms with E-state index in [1.54, 1.807) is 12.3 Å².